The minimum atomic E-state index is -1.08. The minimum absolute atomic E-state index is 0.164. The van der Waals surface area contributed by atoms with Gasteiger partial charge in [-0.25, -0.2) is 4.39 Å². The largest absolute Gasteiger partial charge is 0.457 e. The van der Waals surface area contributed by atoms with Gasteiger partial charge in [0, 0.05) is 37.3 Å². The van der Waals surface area contributed by atoms with Crippen molar-refractivity contribution in [2.75, 3.05) is 31.2 Å². The summed E-state index contributed by atoms with van der Waals surface area (Å²) in [6.07, 6.45) is 0.740. The van der Waals surface area contributed by atoms with E-state index in [4.69, 9.17) is 10.5 Å². The van der Waals surface area contributed by atoms with E-state index in [1.54, 1.807) is 10.7 Å². The first-order chi connectivity index (χ1) is 14.4. The molecule has 3 aromatic rings. The highest BCUT2D eigenvalue weighted by Gasteiger charge is 2.30. The zero-order chi connectivity index (χ0) is 21.3. The number of ether oxygens (including phenoxy) is 1. The van der Waals surface area contributed by atoms with E-state index < -0.39 is 12.3 Å². The summed E-state index contributed by atoms with van der Waals surface area (Å²) < 4.78 is 22.1. The molecule has 1 fully saturated rings. The normalized spacial score (nSPS) is 20.0. The SMILES string of the molecule is CC(C)c1cnn2c(NCc3cccc(N)c3)nc(OC3CCN(C)CC3F)nc12. The predicted octanol–water partition coefficient (Wildman–Crippen LogP) is 2.86. The van der Waals surface area contributed by atoms with E-state index in [2.05, 4.69) is 34.2 Å². The van der Waals surface area contributed by atoms with Crippen molar-refractivity contribution in [2.45, 2.75) is 45.0 Å². The summed E-state index contributed by atoms with van der Waals surface area (Å²) in [5.74, 6) is 0.719. The molecule has 0 amide bonds. The summed E-state index contributed by atoms with van der Waals surface area (Å²) >= 11 is 0. The fraction of sp³-hybridized carbons (Fsp3) is 0.476. The standard InChI is InChI=1S/C21H28FN7O/c1-13(2)16-11-25-29-19(16)26-21(30-18-7-8-28(3)12-17(18)22)27-20(29)24-10-14-5-4-6-15(23)9-14/h4-6,9,11,13,17-18H,7-8,10,12,23H2,1-3H3,(H,24,26,27). The van der Waals surface area contributed by atoms with Gasteiger partial charge in [-0.15, -0.1) is 0 Å². The second kappa shape index (κ2) is 8.43. The van der Waals surface area contributed by atoms with Crippen LogP contribution in [0.2, 0.25) is 0 Å². The molecule has 0 saturated carbocycles. The Kier molecular flexibility index (Phi) is 5.72. The van der Waals surface area contributed by atoms with E-state index in [-0.39, 0.29) is 11.9 Å². The molecule has 2 unspecified atom stereocenters. The molecule has 0 aliphatic carbocycles. The first kappa shape index (κ1) is 20.3. The van der Waals surface area contributed by atoms with E-state index in [9.17, 15) is 4.39 Å². The van der Waals surface area contributed by atoms with Crippen LogP contribution in [0.3, 0.4) is 0 Å². The van der Waals surface area contributed by atoms with Gasteiger partial charge in [-0.3, -0.25) is 0 Å². The number of hydrogen-bond acceptors (Lipinski definition) is 7. The molecule has 1 aliphatic rings. The molecule has 0 bridgehead atoms. The Balaban J connectivity index is 1.64. The van der Waals surface area contributed by atoms with Crippen molar-refractivity contribution in [3.63, 3.8) is 0 Å². The Labute approximate surface area is 175 Å². The smallest absolute Gasteiger partial charge is 0.322 e. The molecule has 2 aromatic heterocycles. The number of nitrogens with one attached hydrogen (secondary N) is 1. The Bertz CT molecular complexity index is 1020. The fourth-order valence-corrected chi connectivity index (χ4v) is 3.64. The fourth-order valence-electron chi connectivity index (χ4n) is 3.64. The number of aromatic nitrogens is 4. The number of likely N-dealkylation sites (tertiary alicyclic amines) is 1. The molecule has 1 saturated heterocycles. The molecule has 0 spiro atoms. The van der Waals surface area contributed by atoms with Crippen LogP contribution >= 0.6 is 0 Å². The molecule has 2 atom stereocenters. The maximum absolute atomic E-state index is 14.5. The zero-order valence-electron chi connectivity index (χ0n) is 17.5. The third-order valence-corrected chi connectivity index (χ3v) is 5.34. The quantitative estimate of drug-likeness (QED) is 0.600. The lowest BCUT2D eigenvalue weighted by Crippen LogP contribution is -2.45. The first-order valence-corrected chi connectivity index (χ1v) is 10.2. The Morgan fingerprint density at radius 3 is 2.90 bits per heavy atom. The predicted molar refractivity (Wildman–Crippen MR) is 114 cm³/mol. The van der Waals surface area contributed by atoms with Crippen molar-refractivity contribution in [3.05, 3.63) is 41.6 Å². The summed E-state index contributed by atoms with van der Waals surface area (Å²) in [4.78, 5) is 11.0. The van der Waals surface area contributed by atoms with Crippen molar-refractivity contribution < 1.29 is 9.13 Å². The van der Waals surface area contributed by atoms with Gasteiger partial charge in [-0.05, 0) is 30.7 Å². The minimum Gasteiger partial charge on any atom is -0.457 e. The second-order valence-corrected chi connectivity index (χ2v) is 8.14. The molecule has 4 rings (SSSR count). The van der Waals surface area contributed by atoms with Gasteiger partial charge in [0.25, 0.3) is 0 Å². The lowest BCUT2D eigenvalue weighted by Gasteiger charge is -2.31. The van der Waals surface area contributed by atoms with E-state index in [1.807, 2.05) is 36.2 Å². The van der Waals surface area contributed by atoms with Crippen LogP contribution in [0.25, 0.3) is 5.65 Å². The van der Waals surface area contributed by atoms with Crippen LogP contribution in [0, 0.1) is 0 Å². The van der Waals surface area contributed by atoms with Crippen LogP contribution in [-0.2, 0) is 6.54 Å². The van der Waals surface area contributed by atoms with Crippen molar-refractivity contribution in [1.82, 2.24) is 24.5 Å². The molecule has 3 heterocycles. The maximum atomic E-state index is 14.5. The number of nitrogens with zero attached hydrogens (tertiary/aromatic N) is 5. The zero-order valence-corrected chi connectivity index (χ0v) is 17.5. The summed E-state index contributed by atoms with van der Waals surface area (Å²) in [6.45, 7) is 5.78. The Morgan fingerprint density at radius 1 is 1.33 bits per heavy atom. The summed E-state index contributed by atoms with van der Waals surface area (Å²) in [7, 11) is 1.91. The molecular formula is C21H28FN7O. The van der Waals surface area contributed by atoms with Gasteiger partial charge in [0.15, 0.2) is 5.65 Å². The van der Waals surface area contributed by atoms with Gasteiger partial charge in [0.2, 0.25) is 5.95 Å². The van der Waals surface area contributed by atoms with Gasteiger partial charge in [-0.2, -0.15) is 19.6 Å². The average Bonchev–Trinajstić information content (AvgIpc) is 3.13. The molecule has 160 valence electrons. The molecule has 9 heteroatoms. The number of anilines is 2. The van der Waals surface area contributed by atoms with Crippen LogP contribution in [-0.4, -0.2) is 56.9 Å². The van der Waals surface area contributed by atoms with Crippen molar-refractivity contribution >= 4 is 17.3 Å². The van der Waals surface area contributed by atoms with Gasteiger partial charge in [0.05, 0.1) is 6.20 Å². The van der Waals surface area contributed by atoms with Crippen molar-refractivity contribution in [2.24, 2.45) is 0 Å². The number of halogens is 1. The van der Waals surface area contributed by atoms with Gasteiger partial charge in [0.1, 0.15) is 12.3 Å². The van der Waals surface area contributed by atoms with Gasteiger partial charge >= 0.3 is 6.01 Å². The molecule has 0 radical (unpaired) electrons. The summed E-state index contributed by atoms with van der Waals surface area (Å²) in [5, 5.41) is 7.74. The number of rotatable bonds is 6. The van der Waals surface area contributed by atoms with Crippen molar-refractivity contribution in [3.8, 4) is 6.01 Å². The third kappa shape index (κ3) is 4.30. The van der Waals surface area contributed by atoms with Crippen LogP contribution < -0.4 is 15.8 Å². The molecule has 30 heavy (non-hydrogen) atoms. The first-order valence-electron chi connectivity index (χ1n) is 10.2. The third-order valence-electron chi connectivity index (χ3n) is 5.34. The number of hydrogen-bond donors (Lipinski definition) is 2. The molecule has 1 aliphatic heterocycles. The lowest BCUT2D eigenvalue weighted by molar-refractivity contribution is 0.0258. The highest BCUT2D eigenvalue weighted by Crippen LogP contribution is 2.25. The number of piperidine rings is 1. The topological polar surface area (TPSA) is 93.6 Å². The monoisotopic (exact) mass is 413 g/mol. The van der Waals surface area contributed by atoms with Gasteiger partial charge in [-0.1, -0.05) is 26.0 Å². The number of nitrogens with two attached hydrogens (primary N) is 1. The van der Waals surface area contributed by atoms with Crippen LogP contribution in [0.4, 0.5) is 16.0 Å². The maximum Gasteiger partial charge on any atom is 0.322 e. The number of alkyl halides is 1. The summed E-state index contributed by atoms with van der Waals surface area (Å²) in [6, 6.07) is 7.79. The molecule has 1 aromatic carbocycles. The number of nitrogen functional groups attached to an aromatic ring is 1. The highest BCUT2D eigenvalue weighted by molar-refractivity contribution is 5.53. The van der Waals surface area contributed by atoms with Gasteiger partial charge < -0.3 is 20.7 Å². The van der Waals surface area contributed by atoms with Crippen LogP contribution in [0.5, 0.6) is 6.01 Å². The summed E-state index contributed by atoms with van der Waals surface area (Å²) in [5.41, 5.74) is 9.23. The number of fused-ring (bicyclic) bond motifs is 1. The van der Waals surface area contributed by atoms with Crippen molar-refractivity contribution in [1.29, 1.82) is 0 Å². The number of benzene rings is 1. The lowest BCUT2D eigenvalue weighted by atomic mass is 10.1. The Hall–Kier alpha value is -2.94. The highest BCUT2D eigenvalue weighted by atomic mass is 19.1. The molecule has 3 N–H and O–H groups in total. The van der Waals surface area contributed by atoms with Crippen LogP contribution in [0.15, 0.2) is 30.5 Å². The van der Waals surface area contributed by atoms with E-state index in [0.717, 1.165) is 17.7 Å². The van der Waals surface area contributed by atoms with E-state index >= 15 is 0 Å². The molecular weight excluding hydrogens is 385 g/mol. The molecule has 8 nitrogen and oxygen atoms in total. The Morgan fingerprint density at radius 2 is 2.17 bits per heavy atom. The second-order valence-electron chi connectivity index (χ2n) is 8.14. The van der Waals surface area contributed by atoms with E-state index in [1.165, 1.54) is 0 Å². The van der Waals surface area contributed by atoms with E-state index in [0.29, 0.717) is 36.8 Å². The average molecular weight is 414 g/mol. The van der Waals surface area contributed by atoms with Crippen LogP contribution in [0.1, 0.15) is 37.3 Å².